The number of rotatable bonds is 6. The van der Waals surface area contributed by atoms with Gasteiger partial charge in [-0.2, -0.15) is 0 Å². The first kappa shape index (κ1) is 14.6. The summed E-state index contributed by atoms with van der Waals surface area (Å²) in [6, 6.07) is 16.2. The van der Waals surface area contributed by atoms with Gasteiger partial charge in [-0.3, -0.25) is 0 Å². The monoisotopic (exact) mass is 296 g/mol. The lowest BCUT2D eigenvalue weighted by molar-refractivity contribution is 0.140. The van der Waals surface area contributed by atoms with E-state index in [4.69, 9.17) is 14.5 Å². The predicted octanol–water partition coefficient (Wildman–Crippen LogP) is 3.75. The molecule has 3 aromatic rings. The Morgan fingerprint density at radius 2 is 1.95 bits per heavy atom. The number of hydrogen-bond donors (Lipinski definition) is 0. The number of nitrogens with zero attached hydrogens (tertiary/aromatic N) is 2. The van der Waals surface area contributed by atoms with Gasteiger partial charge in [0, 0.05) is 18.7 Å². The van der Waals surface area contributed by atoms with Gasteiger partial charge in [0.25, 0.3) is 0 Å². The molecule has 0 amide bonds. The molecule has 0 unspecified atom stereocenters. The fraction of sp³-hybridized carbons (Fsp3) is 0.278. The third kappa shape index (κ3) is 2.83. The molecule has 114 valence electrons. The van der Waals surface area contributed by atoms with Crippen molar-refractivity contribution < 1.29 is 9.47 Å². The largest absolute Gasteiger partial charge is 0.497 e. The first-order valence-corrected chi connectivity index (χ1v) is 7.51. The Hall–Kier alpha value is -2.33. The van der Waals surface area contributed by atoms with Gasteiger partial charge in [0.1, 0.15) is 11.6 Å². The predicted molar refractivity (Wildman–Crippen MR) is 88.2 cm³/mol. The van der Waals surface area contributed by atoms with E-state index < -0.39 is 0 Å². The molecule has 3 rings (SSSR count). The summed E-state index contributed by atoms with van der Waals surface area (Å²) in [7, 11) is 1.68. The second kappa shape index (κ2) is 6.62. The van der Waals surface area contributed by atoms with Crippen molar-refractivity contribution in [2.75, 3.05) is 20.3 Å². The number of imidazole rings is 1. The van der Waals surface area contributed by atoms with Crippen LogP contribution < -0.4 is 4.74 Å². The highest BCUT2D eigenvalue weighted by Gasteiger charge is 2.12. The Morgan fingerprint density at radius 1 is 1.09 bits per heavy atom. The van der Waals surface area contributed by atoms with Crippen molar-refractivity contribution in [3.63, 3.8) is 0 Å². The molecular formula is C18H20N2O2. The fourth-order valence-corrected chi connectivity index (χ4v) is 2.58. The normalized spacial score (nSPS) is 11.0. The number of para-hydroxylation sites is 2. The van der Waals surface area contributed by atoms with Crippen LogP contribution in [0.25, 0.3) is 22.4 Å². The standard InChI is InChI=1S/C18H20N2O2/c1-3-22-12-11-20-17-10-5-4-9-16(17)19-18(20)14-7-6-8-15(13-14)21-2/h4-10,13H,3,11-12H2,1-2H3. The zero-order chi connectivity index (χ0) is 15.4. The van der Waals surface area contributed by atoms with E-state index in [1.807, 2.05) is 43.3 Å². The van der Waals surface area contributed by atoms with E-state index in [2.05, 4.69) is 16.7 Å². The molecule has 2 aromatic carbocycles. The topological polar surface area (TPSA) is 36.3 Å². The average Bonchev–Trinajstić information content (AvgIpc) is 2.94. The van der Waals surface area contributed by atoms with Crippen molar-refractivity contribution in [2.45, 2.75) is 13.5 Å². The van der Waals surface area contributed by atoms with Crippen molar-refractivity contribution >= 4 is 11.0 Å². The molecule has 0 N–H and O–H groups in total. The van der Waals surface area contributed by atoms with E-state index in [9.17, 15) is 0 Å². The van der Waals surface area contributed by atoms with E-state index in [1.165, 1.54) is 0 Å². The number of ether oxygens (including phenoxy) is 2. The van der Waals surface area contributed by atoms with Gasteiger partial charge in [0.05, 0.1) is 24.8 Å². The molecule has 0 aliphatic carbocycles. The molecule has 0 radical (unpaired) electrons. The Bertz CT molecular complexity index is 765. The number of hydrogen-bond acceptors (Lipinski definition) is 3. The summed E-state index contributed by atoms with van der Waals surface area (Å²) < 4.78 is 13.1. The zero-order valence-electron chi connectivity index (χ0n) is 13.0. The molecule has 4 heteroatoms. The van der Waals surface area contributed by atoms with Crippen molar-refractivity contribution in [3.8, 4) is 17.1 Å². The molecule has 4 nitrogen and oxygen atoms in total. The fourth-order valence-electron chi connectivity index (χ4n) is 2.58. The SMILES string of the molecule is CCOCCn1c(-c2cccc(OC)c2)nc2ccccc21. The van der Waals surface area contributed by atoms with Crippen molar-refractivity contribution in [1.29, 1.82) is 0 Å². The summed E-state index contributed by atoms with van der Waals surface area (Å²) in [5, 5.41) is 0. The molecule has 0 aliphatic rings. The van der Waals surface area contributed by atoms with Crippen molar-refractivity contribution in [1.82, 2.24) is 9.55 Å². The van der Waals surface area contributed by atoms with E-state index in [0.29, 0.717) is 6.61 Å². The minimum Gasteiger partial charge on any atom is -0.497 e. The highest BCUT2D eigenvalue weighted by Crippen LogP contribution is 2.27. The number of aromatic nitrogens is 2. The molecule has 0 atom stereocenters. The summed E-state index contributed by atoms with van der Waals surface area (Å²) in [6.45, 7) is 4.19. The van der Waals surface area contributed by atoms with Crippen LogP contribution in [0.2, 0.25) is 0 Å². The number of benzene rings is 2. The Labute approximate surface area is 130 Å². The van der Waals surface area contributed by atoms with Crippen LogP contribution in [-0.2, 0) is 11.3 Å². The van der Waals surface area contributed by atoms with Crippen LogP contribution in [-0.4, -0.2) is 29.9 Å². The summed E-state index contributed by atoms with van der Waals surface area (Å²) in [5.74, 6) is 1.78. The number of methoxy groups -OCH3 is 1. The van der Waals surface area contributed by atoms with Crippen LogP contribution in [0.3, 0.4) is 0 Å². The minimum absolute atomic E-state index is 0.674. The zero-order valence-corrected chi connectivity index (χ0v) is 13.0. The van der Waals surface area contributed by atoms with Gasteiger partial charge in [-0.05, 0) is 31.2 Å². The molecule has 1 heterocycles. The molecule has 0 bridgehead atoms. The first-order chi connectivity index (χ1) is 10.8. The van der Waals surface area contributed by atoms with Gasteiger partial charge in [-0.25, -0.2) is 4.98 Å². The van der Waals surface area contributed by atoms with Crippen molar-refractivity contribution in [3.05, 3.63) is 48.5 Å². The molecular weight excluding hydrogens is 276 g/mol. The molecule has 0 spiro atoms. The first-order valence-electron chi connectivity index (χ1n) is 7.51. The van der Waals surface area contributed by atoms with Crippen LogP contribution in [0.5, 0.6) is 5.75 Å². The van der Waals surface area contributed by atoms with Gasteiger partial charge in [0.15, 0.2) is 0 Å². The lowest BCUT2D eigenvalue weighted by atomic mass is 10.2. The van der Waals surface area contributed by atoms with Crippen molar-refractivity contribution in [2.24, 2.45) is 0 Å². The quantitative estimate of drug-likeness (QED) is 0.650. The smallest absolute Gasteiger partial charge is 0.141 e. The third-order valence-electron chi connectivity index (χ3n) is 3.65. The highest BCUT2D eigenvalue weighted by molar-refractivity contribution is 5.80. The Balaban J connectivity index is 2.08. The molecule has 0 saturated heterocycles. The second-order valence-corrected chi connectivity index (χ2v) is 5.00. The summed E-state index contributed by atoms with van der Waals surface area (Å²) in [4.78, 5) is 4.79. The van der Waals surface area contributed by atoms with E-state index in [1.54, 1.807) is 7.11 Å². The van der Waals surface area contributed by atoms with E-state index in [0.717, 1.165) is 41.3 Å². The van der Waals surface area contributed by atoms with Crippen LogP contribution in [0.4, 0.5) is 0 Å². The summed E-state index contributed by atoms with van der Waals surface area (Å²) in [6.07, 6.45) is 0. The Kier molecular flexibility index (Phi) is 4.39. The lowest BCUT2D eigenvalue weighted by Gasteiger charge is -2.10. The second-order valence-electron chi connectivity index (χ2n) is 5.00. The summed E-state index contributed by atoms with van der Waals surface area (Å²) in [5.41, 5.74) is 3.17. The average molecular weight is 296 g/mol. The molecule has 0 saturated carbocycles. The van der Waals surface area contributed by atoms with Crippen LogP contribution in [0.1, 0.15) is 6.92 Å². The minimum atomic E-state index is 0.674. The van der Waals surface area contributed by atoms with Gasteiger partial charge in [0.2, 0.25) is 0 Å². The van der Waals surface area contributed by atoms with Gasteiger partial charge in [-0.1, -0.05) is 24.3 Å². The third-order valence-corrected chi connectivity index (χ3v) is 3.65. The van der Waals surface area contributed by atoms with Crippen LogP contribution in [0, 0.1) is 0 Å². The Morgan fingerprint density at radius 3 is 2.77 bits per heavy atom. The maximum Gasteiger partial charge on any atom is 0.141 e. The molecule has 22 heavy (non-hydrogen) atoms. The van der Waals surface area contributed by atoms with Gasteiger partial charge in [-0.15, -0.1) is 0 Å². The maximum absolute atomic E-state index is 5.52. The van der Waals surface area contributed by atoms with Crippen LogP contribution >= 0.6 is 0 Å². The highest BCUT2D eigenvalue weighted by atomic mass is 16.5. The molecule has 1 aromatic heterocycles. The van der Waals surface area contributed by atoms with E-state index >= 15 is 0 Å². The molecule has 0 fully saturated rings. The molecule has 0 aliphatic heterocycles. The maximum atomic E-state index is 5.52. The lowest BCUT2D eigenvalue weighted by Crippen LogP contribution is -2.07. The summed E-state index contributed by atoms with van der Waals surface area (Å²) >= 11 is 0. The van der Waals surface area contributed by atoms with Crippen LogP contribution in [0.15, 0.2) is 48.5 Å². The van der Waals surface area contributed by atoms with Gasteiger partial charge >= 0.3 is 0 Å². The van der Waals surface area contributed by atoms with E-state index in [-0.39, 0.29) is 0 Å². The van der Waals surface area contributed by atoms with Gasteiger partial charge < -0.3 is 14.0 Å². The number of fused-ring (bicyclic) bond motifs is 1.